The molecule has 0 spiro atoms. The summed E-state index contributed by atoms with van der Waals surface area (Å²) in [5.74, 6) is -0.558. The van der Waals surface area contributed by atoms with Gasteiger partial charge in [0.25, 0.3) is 5.91 Å². The van der Waals surface area contributed by atoms with Gasteiger partial charge in [-0.2, -0.15) is 0 Å². The molecule has 2 heterocycles. The van der Waals surface area contributed by atoms with Crippen molar-refractivity contribution in [2.24, 2.45) is 0 Å². The molecule has 1 aliphatic heterocycles. The number of carbonyl (C=O) groups is 2. The van der Waals surface area contributed by atoms with Crippen molar-refractivity contribution in [2.45, 2.75) is 13.0 Å². The van der Waals surface area contributed by atoms with Crippen LogP contribution in [0, 0.1) is 0 Å². The van der Waals surface area contributed by atoms with Crippen molar-refractivity contribution in [1.82, 2.24) is 9.88 Å². The number of amides is 2. The third-order valence-electron chi connectivity index (χ3n) is 3.36. The second-order valence-electron chi connectivity index (χ2n) is 4.70. The van der Waals surface area contributed by atoms with Crippen molar-refractivity contribution < 1.29 is 9.59 Å². The summed E-state index contributed by atoms with van der Waals surface area (Å²) in [6, 6.07) is 10.4. The van der Waals surface area contributed by atoms with Gasteiger partial charge in [0, 0.05) is 11.1 Å². The highest BCUT2D eigenvalue weighted by Crippen LogP contribution is 2.24. The summed E-state index contributed by atoms with van der Waals surface area (Å²) in [7, 11) is 0. The molecule has 0 unspecified atom stereocenters. The summed E-state index contributed by atoms with van der Waals surface area (Å²) in [6.45, 7) is 0.0923. The molecular weight excluding hydrogens is 311 g/mol. The lowest BCUT2D eigenvalue weighted by Gasteiger charge is -2.27. The summed E-state index contributed by atoms with van der Waals surface area (Å²) in [5.41, 5.74) is 1.89. The van der Waals surface area contributed by atoms with Crippen molar-refractivity contribution in [2.75, 3.05) is 0 Å². The molecule has 106 valence electrons. The van der Waals surface area contributed by atoms with Crippen LogP contribution in [0.15, 0.2) is 36.4 Å². The summed E-state index contributed by atoms with van der Waals surface area (Å²) in [6.07, 6.45) is 0.209. The van der Waals surface area contributed by atoms with Gasteiger partial charge in [-0.05, 0) is 17.7 Å². The highest BCUT2D eigenvalue weighted by Gasteiger charge is 2.31. The van der Waals surface area contributed by atoms with E-state index < -0.39 is 0 Å². The van der Waals surface area contributed by atoms with Gasteiger partial charge in [0.2, 0.25) is 5.91 Å². The molecule has 2 aromatic rings. The second-order valence-corrected chi connectivity index (χ2v) is 5.45. The van der Waals surface area contributed by atoms with Gasteiger partial charge in [0.05, 0.1) is 13.0 Å². The lowest BCUT2D eigenvalue weighted by Crippen LogP contribution is -2.41. The number of benzene rings is 1. The Balaban J connectivity index is 1.93. The summed E-state index contributed by atoms with van der Waals surface area (Å²) < 4.78 is 0. The number of pyridine rings is 1. The monoisotopic (exact) mass is 320 g/mol. The van der Waals surface area contributed by atoms with Crippen LogP contribution in [-0.4, -0.2) is 21.7 Å². The molecule has 3 rings (SSSR count). The number of carbonyl (C=O) groups excluding carboxylic acids is 2. The minimum atomic E-state index is -0.312. The van der Waals surface area contributed by atoms with Crippen LogP contribution in [-0.2, 0) is 17.8 Å². The molecular formula is C15H10Cl2N2O2. The zero-order valence-corrected chi connectivity index (χ0v) is 12.4. The third kappa shape index (κ3) is 2.64. The number of imide groups is 1. The Kier molecular flexibility index (Phi) is 3.66. The predicted molar refractivity (Wildman–Crippen MR) is 79.3 cm³/mol. The fourth-order valence-corrected chi connectivity index (χ4v) is 2.69. The maximum atomic E-state index is 12.4. The van der Waals surface area contributed by atoms with E-state index in [9.17, 15) is 9.59 Å². The molecule has 0 aliphatic carbocycles. The largest absolute Gasteiger partial charge is 0.274 e. The van der Waals surface area contributed by atoms with Crippen LogP contribution in [0.5, 0.6) is 0 Å². The van der Waals surface area contributed by atoms with Gasteiger partial charge in [-0.1, -0.05) is 47.5 Å². The van der Waals surface area contributed by atoms with E-state index in [1.807, 2.05) is 6.07 Å². The number of aromatic nitrogens is 1. The van der Waals surface area contributed by atoms with Crippen LogP contribution in [0.1, 0.15) is 21.5 Å². The van der Waals surface area contributed by atoms with Crippen LogP contribution < -0.4 is 0 Å². The van der Waals surface area contributed by atoms with Gasteiger partial charge in [-0.25, -0.2) is 4.98 Å². The van der Waals surface area contributed by atoms with E-state index in [1.165, 1.54) is 4.90 Å². The van der Waals surface area contributed by atoms with Gasteiger partial charge in [-0.3, -0.25) is 14.5 Å². The number of fused-ring (bicyclic) bond motifs is 1. The van der Waals surface area contributed by atoms with Gasteiger partial charge in [0.15, 0.2) is 0 Å². The molecule has 0 fully saturated rings. The van der Waals surface area contributed by atoms with Crippen LogP contribution in [0.25, 0.3) is 0 Å². The third-order valence-corrected chi connectivity index (χ3v) is 3.89. The first-order chi connectivity index (χ1) is 10.1. The predicted octanol–water partition coefficient (Wildman–Crippen LogP) is 3.11. The number of hydrogen-bond donors (Lipinski definition) is 0. The Morgan fingerprint density at radius 1 is 1.10 bits per heavy atom. The zero-order chi connectivity index (χ0) is 15.0. The maximum absolute atomic E-state index is 12.4. The van der Waals surface area contributed by atoms with Crippen LogP contribution in [0.4, 0.5) is 0 Å². The summed E-state index contributed by atoms with van der Waals surface area (Å²) in [5, 5.41) is 0.465. The van der Waals surface area contributed by atoms with Gasteiger partial charge in [0.1, 0.15) is 10.3 Å². The van der Waals surface area contributed by atoms with Gasteiger partial charge >= 0.3 is 0 Å². The van der Waals surface area contributed by atoms with Crippen molar-refractivity contribution in [3.05, 3.63) is 63.4 Å². The molecule has 1 aromatic carbocycles. The topological polar surface area (TPSA) is 50.3 Å². The molecule has 1 aliphatic rings. The quantitative estimate of drug-likeness (QED) is 0.631. The normalized spacial score (nSPS) is 14.3. The molecule has 1 aromatic heterocycles. The number of rotatable bonds is 2. The number of hydrogen-bond acceptors (Lipinski definition) is 3. The average molecular weight is 321 g/mol. The van der Waals surface area contributed by atoms with Crippen LogP contribution in [0.2, 0.25) is 10.3 Å². The smallest absolute Gasteiger partial charge is 0.261 e. The molecule has 2 amide bonds. The van der Waals surface area contributed by atoms with Crippen LogP contribution >= 0.6 is 23.2 Å². The molecule has 0 saturated heterocycles. The first-order valence-electron chi connectivity index (χ1n) is 6.30. The molecule has 0 bridgehead atoms. The lowest BCUT2D eigenvalue weighted by atomic mass is 9.98. The fraction of sp³-hybridized carbons (Fsp3) is 0.133. The lowest BCUT2D eigenvalue weighted by molar-refractivity contribution is -0.128. The number of nitrogens with zero attached hydrogens (tertiary/aromatic N) is 2. The molecule has 0 radical (unpaired) electrons. The Bertz CT molecular complexity index is 746. The van der Waals surface area contributed by atoms with E-state index in [0.29, 0.717) is 11.1 Å². The molecule has 6 heteroatoms. The van der Waals surface area contributed by atoms with Crippen molar-refractivity contribution in [1.29, 1.82) is 0 Å². The molecule has 0 atom stereocenters. The van der Waals surface area contributed by atoms with E-state index in [2.05, 4.69) is 4.98 Å². The Labute approximate surface area is 131 Å². The SMILES string of the molecule is O=C1Cc2ccccc2C(=O)N1Cc1ccc(Cl)nc1Cl. The first kappa shape index (κ1) is 14.0. The van der Waals surface area contributed by atoms with E-state index in [-0.39, 0.29) is 35.1 Å². The minimum absolute atomic E-state index is 0.0923. The Morgan fingerprint density at radius 2 is 1.86 bits per heavy atom. The zero-order valence-electron chi connectivity index (χ0n) is 10.8. The number of halogens is 2. The highest BCUT2D eigenvalue weighted by atomic mass is 35.5. The molecule has 0 saturated carbocycles. The standard InChI is InChI=1S/C15H10Cl2N2O2/c16-12-6-5-10(14(17)18-12)8-19-13(20)7-9-3-1-2-4-11(9)15(19)21/h1-6H,7-8H2. The maximum Gasteiger partial charge on any atom is 0.261 e. The second kappa shape index (κ2) is 5.47. The molecule has 0 N–H and O–H groups in total. The Hall–Kier alpha value is -1.91. The van der Waals surface area contributed by atoms with E-state index in [0.717, 1.165) is 5.56 Å². The summed E-state index contributed by atoms with van der Waals surface area (Å²) >= 11 is 11.7. The minimum Gasteiger partial charge on any atom is -0.274 e. The van der Waals surface area contributed by atoms with Gasteiger partial charge < -0.3 is 0 Å². The summed E-state index contributed by atoms with van der Waals surface area (Å²) in [4.78, 5) is 29.7. The first-order valence-corrected chi connectivity index (χ1v) is 7.05. The molecule has 21 heavy (non-hydrogen) atoms. The average Bonchev–Trinajstić information content (AvgIpc) is 2.45. The van der Waals surface area contributed by atoms with E-state index in [4.69, 9.17) is 23.2 Å². The van der Waals surface area contributed by atoms with Crippen LogP contribution in [0.3, 0.4) is 0 Å². The van der Waals surface area contributed by atoms with Crippen molar-refractivity contribution in [3.8, 4) is 0 Å². The Morgan fingerprint density at radius 3 is 2.62 bits per heavy atom. The van der Waals surface area contributed by atoms with E-state index >= 15 is 0 Å². The van der Waals surface area contributed by atoms with Crippen molar-refractivity contribution >= 4 is 35.0 Å². The van der Waals surface area contributed by atoms with Gasteiger partial charge in [-0.15, -0.1) is 0 Å². The highest BCUT2D eigenvalue weighted by molar-refractivity contribution is 6.32. The van der Waals surface area contributed by atoms with Crippen molar-refractivity contribution in [3.63, 3.8) is 0 Å². The van der Waals surface area contributed by atoms with E-state index in [1.54, 1.807) is 30.3 Å². The fourth-order valence-electron chi connectivity index (χ4n) is 2.29. The molecule has 4 nitrogen and oxygen atoms in total.